The highest BCUT2D eigenvalue weighted by molar-refractivity contribution is 6.33. The normalized spacial score (nSPS) is 16.0. The molecule has 1 saturated heterocycles. The van der Waals surface area contributed by atoms with Crippen LogP contribution < -0.4 is 10.8 Å². The summed E-state index contributed by atoms with van der Waals surface area (Å²) in [6.45, 7) is 1.39. The molecule has 2 N–H and O–H groups in total. The van der Waals surface area contributed by atoms with Crippen molar-refractivity contribution in [1.29, 1.82) is 0 Å². The van der Waals surface area contributed by atoms with Crippen molar-refractivity contribution in [2.45, 2.75) is 6.18 Å². The SMILES string of the molecule is NOCC(=O)N1CCN(c2ncc(C(F)(F)F)cc2Cl)CC1. The average Bonchev–Trinajstić information content (AvgIpc) is 2.46. The van der Waals surface area contributed by atoms with Crippen molar-refractivity contribution >= 4 is 23.3 Å². The molecule has 0 atom stereocenters. The zero-order chi connectivity index (χ0) is 16.3. The van der Waals surface area contributed by atoms with Gasteiger partial charge in [-0.1, -0.05) is 11.6 Å². The summed E-state index contributed by atoms with van der Waals surface area (Å²) in [4.78, 5) is 23.0. The molecule has 2 rings (SSSR count). The van der Waals surface area contributed by atoms with Crippen LogP contribution in [0.5, 0.6) is 0 Å². The van der Waals surface area contributed by atoms with Crippen LogP contribution >= 0.6 is 11.6 Å². The van der Waals surface area contributed by atoms with Gasteiger partial charge in [-0.15, -0.1) is 0 Å². The third kappa shape index (κ3) is 3.79. The van der Waals surface area contributed by atoms with Crippen LogP contribution in [-0.2, 0) is 15.8 Å². The van der Waals surface area contributed by atoms with Gasteiger partial charge in [0.1, 0.15) is 12.4 Å². The Morgan fingerprint density at radius 1 is 1.36 bits per heavy atom. The third-order valence-electron chi connectivity index (χ3n) is 3.29. The van der Waals surface area contributed by atoms with Gasteiger partial charge in [0, 0.05) is 32.4 Å². The number of carbonyl (C=O) groups excluding carboxylic acids is 1. The lowest BCUT2D eigenvalue weighted by Gasteiger charge is -2.35. The lowest BCUT2D eigenvalue weighted by Crippen LogP contribution is -2.50. The smallest absolute Gasteiger partial charge is 0.352 e. The van der Waals surface area contributed by atoms with E-state index >= 15 is 0 Å². The number of piperazine rings is 1. The van der Waals surface area contributed by atoms with E-state index in [1.807, 2.05) is 0 Å². The highest BCUT2D eigenvalue weighted by Crippen LogP contribution is 2.33. The maximum Gasteiger partial charge on any atom is 0.417 e. The summed E-state index contributed by atoms with van der Waals surface area (Å²) in [6.07, 6.45) is -3.73. The van der Waals surface area contributed by atoms with Crippen LogP contribution in [0, 0.1) is 0 Å². The zero-order valence-corrected chi connectivity index (χ0v) is 12.2. The van der Waals surface area contributed by atoms with E-state index in [1.165, 1.54) is 0 Å². The van der Waals surface area contributed by atoms with Gasteiger partial charge in [-0.3, -0.25) is 9.63 Å². The molecule has 1 aromatic heterocycles. The van der Waals surface area contributed by atoms with Gasteiger partial charge in [0.05, 0.1) is 10.6 Å². The van der Waals surface area contributed by atoms with E-state index in [2.05, 4.69) is 9.82 Å². The standard InChI is InChI=1S/C12H14ClF3N4O2/c13-9-5-8(12(14,15)16)6-18-11(9)20-3-1-19(2-4-20)10(21)7-22-17/h5-6H,1-4,7,17H2. The number of aromatic nitrogens is 1. The van der Waals surface area contributed by atoms with Crippen molar-refractivity contribution in [3.05, 3.63) is 22.8 Å². The molecule has 0 bridgehead atoms. The Kier molecular flexibility index (Phi) is 5.09. The van der Waals surface area contributed by atoms with Crippen molar-refractivity contribution in [2.24, 2.45) is 5.90 Å². The first-order valence-corrected chi connectivity index (χ1v) is 6.78. The largest absolute Gasteiger partial charge is 0.417 e. The van der Waals surface area contributed by atoms with Crippen LogP contribution in [0.2, 0.25) is 5.02 Å². The summed E-state index contributed by atoms with van der Waals surface area (Å²) in [5.74, 6) is 4.88. The molecular formula is C12H14ClF3N4O2. The van der Waals surface area contributed by atoms with Gasteiger partial charge in [0.2, 0.25) is 0 Å². The molecule has 0 saturated carbocycles. The molecule has 10 heteroatoms. The summed E-state index contributed by atoms with van der Waals surface area (Å²) in [5, 5.41) is -0.0695. The number of hydrogen-bond donors (Lipinski definition) is 1. The Bertz CT molecular complexity index is 548. The Hall–Kier alpha value is -1.58. The number of nitrogens with two attached hydrogens (primary N) is 1. The van der Waals surface area contributed by atoms with Gasteiger partial charge in [0.15, 0.2) is 0 Å². The fourth-order valence-corrected chi connectivity index (χ4v) is 2.43. The number of halogens is 4. The summed E-state index contributed by atoms with van der Waals surface area (Å²) in [5.41, 5.74) is -0.893. The second kappa shape index (κ2) is 6.67. The lowest BCUT2D eigenvalue weighted by atomic mass is 10.2. The minimum atomic E-state index is -4.48. The molecule has 22 heavy (non-hydrogen) atoms. The van der Waals surface area contributed by atoms with Gasteiger partial charge in [-0.05, 0) is 6.07 Å². The number of alkyl halides is 3. The van der Waals surface area contributed by atoms with E-state index in [0.29, 0.717) is 26.2 Å². The van der Waals surface area contributed by atoms with Crippen molar-refractivity contribution in [2.75, 3.05) is 37.7 Å². The van der Waals surface area contributed by atoms with E-state index in [4.69, 9.17) is 17.5 Å². The van der Waals surface area contributed by atoms with Crippen molar-refractivity contribution < 1.29 is 22.8 Å². The maximum atomic E-state index is 12.6. The van der Waals surface area contributed by atoms with Gasteiger partial charge >= 0.3 is 6.18 Å². The minimum Gasteiger partial charge on any atom is -0.352 e. The fraction of sp³-hybridized carbons (Fsp3) is 0.500. The molecule has 122 valence electrons. The Labute approximate surface area is 129 Å². The molecule has 0 unspecified atom stereocenters. The molecule has 1 fully saturated rings. The molecule has 0 aliphatic carbocycles. The number of hydrogen-bond acceptors (Lipinski definition) is 5. The summed E-state index contributed by atoms with van der Waals surface area (Å²) >= 11 is 5.90. The molecule has 1 aromatic rings. The molecule has 0 radical (unpaired) electrons. The number of amides is 1. The summed E-state index contributed by atoms with van der Waals surface area (Å²) < 4.78 is 37.7. The molecule has 1 amide bonds. The number of nitrogens with zero attached hydrogens (tertiary/aromatic N) is 3. The predicted octanol–water partition coefficient (Wildman–Crippen LogP) is 1.29. The Morgan fingerprint density at radius 3 is 2.50 bits per heavy atom. The summed E-state index contributed by atoms with van der Waals surface area (Å²) in [6, 6.07) is 0.851. The van der Waals surface area contributed by atoms with Crippen LogP contribution in [0.1, 0.15) is 5.56 Å². The van der Waals surface area contributed by atoms with Gasteiger partial charge in [-0.2, -0.15) is 13.2 Å². The van der Waals surface area contributed by atoms with E-state index in [0.717, 1.165) is 12.3 Å². The molecule has 1 aliphatic rings. The monoisotopic (exact) mass is 338 g/mol. The van der Waals surface area contributed by atoms with E-state index in [-0.39, 0.29) is 23.4 Å². The van der Waals surface area contributed by atoms with Gasteiger partial charge < -0.3 is 9.80 Å². The first-order valence-electron chi connectivity index (χ1n) is 6.40. The quantitative estimate of drug-likeness (QED) is 0.841. The maximum absolute atomic E-state index is 12.6. The summed E-state index contributed by atoms with van der Waals surface area (Å²) in [7, 11) is 0. The number of anilines is 1. The minimum absolute atomic E-state index is 0.0695. The van der Waals surface area contributed by atoms with E-state index < -0.39 is 11.7 Å². The van der Waals surface area contributed by atoms with E-state index in [1.54, 1.807) is 9.80 Å². The molecule has 0 aromatic carbocycles. The second-order valence-corrected chi connectivity index (χ2v) is 5.11. The Morgan fingerprint density at radius 2 is 2.00 bits per heavy atom. The number of rotatable bonds is 3. The average molecular weight is 339 g/mol. The van der Waals surface area contributed by atoms with Crippen LogP contribution in [0.15, 0.2) is 12.3 Å². The highest BCUT2D eigenvalue weighted by Gasteiger charge is 2.32. The topological polar surface area (TPSA) is 71.7 Å². The van der Waals surface area contributed by atoms with Crippen molar-refractivity contribution in [3.8, 4) is 0 Å². The molecule has 2 heterocycles. The number of pyridine rings is 1. The first-order chi connectivity index (χ1) is 10.3. The fourth-order valence-electron chi connectivity index (χ4n) is 2.15. The molecular weight excluding hydrogens is 325 g/mol. The molecule has 1 aliphatic heterocycles. The van der Waals surface area contributed by atoms with Crippen molar-refractivity contribution in [1.82, 2.24) is 9.88 Å². The molecule has 6 nitrogen and oxygen atoms in total. The first kappa shape index (κ1) is 16.8. The van der Waals surface area contributed by atoms with Gasteiger partial charge in [0.25, 0.3) is 5.91 Å². The zero-order valence-electron chi connectivity index (χ0n) is 11.4. The van der Waals surface area contributed by atoms with Crippen LogP contribution in [-0.4, -0.2) is 48.6 Å². The molecule has 0 spiro atoms. The lowest BCUT2D eigenvalue weighted by molar-refractivity contribution is -0.138. The van der Waals surface area contributed by atoms with Gasteiger partial charge in [-0.25, -0.2) is 10.9 Å². The number of carbonyl (C=O) groups is 1. The van der Waals surface area contributed by atoms with Crippen molar-refractivity contribution in [3.63, 3.8) is 0 Å². The third-order valence-corrected chi connectivity index (χ3v) is 3.57. The highest BCUT2D eigenvalue weighted by atomic mass is 35.5. The predicted molar refractivity (Wildman–Crippen MR) is 73.2 cm³/mol. The van der Waals surface area contributed by atoms with Crippen LogP contribution in [0.25, 0.3) is 0 Å². The van der Waals surface area contributed by atoms with Crippen LogP contribution in [0.3, 0.4) is 0 Å². The Balaban J connectivity index is 2.04. The van der Waals surface area contributed by atoms with E-state index in [9.17, 15) is 18.0 Å². The second-order valence-electron chi connectivity index (χ2n) is 4.71. The van der Waals surface area contributed by atoms with Crippen LogP contribution in [0.4, 0.5) is 19.0 Å².